The number of nitrogens with zero attached hydrogens (tertiary/aromatic N) is 6. The quantitative estimate of drug-likeness (QED) is 0.579. The number of pyridine rings is 1. The first-order chi connectivity index (χ1) is 17.1. The molecule has 3 aromatic rings. The van der Waals surface area contributed by atoms with Gasteiger partial charge in [0.15, 0.2) is 5.67 Å². The lowest BCUT2D eigenvalue weighted by molar-refractivity contribution is -0.146. The lowest BCUT2D eigenvalue weighted by Gasteiger charge is -2.39. The van der Waals surface area contributed by atoms with Gasteiger partial charge in [-0.05, 0) is 0 Å². The Hall–Kier alpha value is -4.06. The van der Waals surface area contributed by atoms with Crippen LogP contribution in [0.3, 0.4) is 0 Å². The van der Waals surface area contributed by atoms with Crippen molar-refractivity contribution in [3.8, 4) is 23.1 Å². The molecule has 35 heavy (non-hydrogen) atoms. The van der Waals surface area contributed by atoms with Crippen molar-refractivity contribution in [1.29, 1.82) is 5.26 Å². The first-order valence-electron chi connectivity index (χ1n) is 11.7. The molecule has 3 aliphatic rings. The van der Waals surface area contributed by atoms with E-state index in [1.165, 1.54) is 12.5 Å². The summed E-state index contributed by atoms with van der Waals surface area (Å²) in [6.45, 7) is 1.07. The van der Waals surface area contributed by atoms with Crippen molar-refractivity contribution < 1.29 is 13.9 Å². The monoisotopic (exact) mass is 470 g/mol. The number of halogens is 1. The van der Waals surface area contributed by atoms with E-state index in [2.05, 4.69) is 21.0 Å². The zero-order chi connectivity index (χ0) is 24.0. The van der Waals surface area contributed by atoms with Crippen molar-refractivity contribution in [1.82, 2.24) is 19.9 Å². The van der Waals surface area contributed by atoms with E-state index in [0.717, 1.165) is 17.1 Å². The van der Waals surface area contributed by atoms with Crippen LogP contribution in [-0.2, 0) is 4.79 Å². The fraction of sp³-hybridized carbons (Fsp3) is 0.346. The van der Waals surface area contributed by atoms with Crippen LogP contribution in [0.5, 0.6) is 5.75 Å². The molecule has 2 bridgehead atoms. The number of carbonyl (C=O) groups is 1. The van der Waals surface area contributed by atoms with E-state index in [9.17, 15) is 10.1 Å². The Kier molecular flexibility index (Phi) is 5.10. The number of benzene rings is 1. The number of alkyl halides is 1. The molecular weight excluding hydrogens is 447 g/mol. The summed E-state index contributed by atoms with van der Waals surface area (Å²) in [6, 6.07) is 13.5. The van der Waals surface area contributed by atoms with E-state index in [-0.39, 0.29) is 25.0 Å². The molecule has 0 unspecified atom stereocenters. The smallest absolute Gasteiger partial charge is 0.261 e. The second-order valence-corrected chi connectivity index (χ2v) is 9.25. The van der Waals surface area contributed by atoms with Gasteiger partial charge in [-0.1, -0.05) is 30.3 Å². The summed E-state index contributed by atoms with van der Waals surface area (Å²) in [5, 5.41) is 9.38. The molecule has 0 radical (unpaired) electrons. The van der Waals surface area contributed by atoms with Crippen LogP contribution >= 0.6 is 0 Å². The molecule has 9 heteroatoms. The summed E-state index contributed by atoms with van der Waals surface area (Å²) < 4.78 is 22.0. The van der Waals surface area contributed by atoms with Crippen LogP contribution in [0.2, 0.25) is 0 Å². The number of nitriles is 1. The summed E-state index contributed by atoms with van der Waals surface area (Å²) >= 11 is 0. The highest BCUT2D eigenvalue weighted by atomic mass is 19.1. The van der Waals surface area contributed by atoms with E-state index < -0.39 is 11.6 Å². The third-order valence-corrected chi connectivity index (χ3v) is 7.20. The molecule has 0 spiro atoms. The fourth-order valence-corrected chi connectivity index (χ4v) is 5.33. The normalized spacial score (nSPS) is 22.2. The standard InChI is InChI=1S/C26H23FN6O2/c27-26(25(34)33-15-19-10-22(33)20-14-29-13-18(12-28)24(20)35-19)6-8-32(9-7-26)23-11-21(30-16-31-23)17-4-2-1-3-5-17/h1-5,11,13-14,16,19,22H,6-10,15H2/t19-,22-/m0/s1. The van der Waals surface area contributed by atoms with Gasteiger partial charge < -0.3 is 14.5 Å². The van der Waals surface area contributed by atoms with Gasteiger partial charge in [0.2, 0.25) is 0 Å². The molecule has 0 saturated carbocycles. The molecule has 2 saturated heterocycles. The Labute approximate surface area is 202 Å². The summed E-state index contributed by atoms with van der Waals surface area (Å²) in [6.07, 6.45) is 5.09. The molecule has 176 valence electrons. The van der Waals surface area contributed by atoms with Crippen LogP contribution in [0.4, 0.5) is 10.2 Å². The molecule has 2 aromatic heterocycles. The number of hydrogen-bond acceptors (Lipinski definition) is 7. The number of aromatic nitrogens is 3. The van der Waals surface area contributed by atoms with E-state index >= 15 is 4.39 Å². The predicted molar refractivity (Wildman–Crippen MR) is 125 cm³/mol. The second-order valence-electron chi connectivity index (χ2n) is 9.25. The number of piperidine rings is 1. The number of rotatable bonds is 3. The van der Waals surface area contributed by atoms with Gasteiger partial charge in [-0.3, -0.25) is 9.78 Å². The molecule has 3 aliphatic heterocycles. The van der Waals surface area contributed by atoms with Crippen LogP contribution in [0.15, 0.2) is 55.1 Å². The molecule has 2 fully saturated rings. The lowest BCUT2D eigenvalue weighted by Crippen LogP contribution is -2.52. The number of anilines is 1. The molecule has 1 aromatic carbocycles. The molecule has 6 rings (SSSR count). The average Bonchev–Trinajstić information content (AvgIpc) is 3.26. The largest absolute Gasteiger partial charge is 0.487 e. The average molecular weight is 471 g/mol. The maximum atomic E-state index is 16.1. The maximum absolute atomic E-state index is 16.1. The summed E-state index contributed by atoms with van der Waals surface area (Å²) in [5.41, 5.74) is 0.858. The highest BCUT2D eigenvalue weighted by Gasteiger charge is 2.51. The van der Waals surface area contributed by atoms with E-state index in [0.29, 0.717) is 42.9 Å². The van der Waals surface area contributed by atoms with Crippen LogP contribution in [-0.4, -0.2) is 57.2 Å². The summed E-state index contributed by atoms with van der Waals surface area (Å²) in [7, 11) is 0. The van der Waals surface area contributed by atoms with Crippen LogP contribution in [0.1, 0.15) is 36.4 Å². The van der Waals surface area contributed by atoms with Gasteiger partial charge >= 0.3 is 0 Å². The second kappa shape index (κ2) is 8.31. The molecule has 8 nitrogen and oxygen atoms in total. The van der Waals surface area contributed by atoms with Gasteiger partial charge in [0, 0.05) is 61.9 Å². The fourth-order valence-electron chi connectivity index (χ4n) is 5.33. The molecule has 2 atom stereocenters. The molecule has 1 amide bonds. The lowest BCUT2D eigenvalue weighted by atomic mass is 9.90. The third kappa shape index (κ3) is 3.66. The van der Waals surface area contributed by atoms with E-state index in [1.54, 1.807) is 11.1 Å². The number of likely N-dealkylation sites (tertiary alicyclic amines) is 1. The Morgan fingerprint density at radius 1 is 1.17 bits per heavy atom. The van der Waals surface area contributed by atoms with Crippen molar-refractivity contribution in [3.63, 3.8) is 0 Å². The van der Waals surface area contributed by atoms with Crippen molar-refractivity contribution in [2.75, 3.05) is 24.5 Å². The molecular formula is C26H23FN6O2. The Bertz CT molecular complexity index is 1320. The van der Waals surface area contributed by atoms with Gasteiger partial charge in [-0.25, -0.2) is 14.4 Å². The number of ether oxygens (including phenoxy) is 1. The van der Waals surface area contributed by atoms with Gasteiger partial charge in [0.25, 0.3) is 5.91 Å². The molecule has 0 N–H and O–H groups in total. The minimum Gasteiger partial charge on any atom is -0.487 e. The van der Waals surface area contributed by atoms with Crippen LogP contribution in [0, 0.1) is 11.3 Å². The Morgan fingerprint density at radius 3 is 2.74 bits per heavy atom. The highest BCUT2D eigenvalue weighted by Crippen LogP contribution is 2.46. The van der Waals surface area contributed by atoms with Crippen molar-refractivity contribution in [3.05, 3.63) is 66.2 Å². The van der Waals surface area contributed by atoms with Crippen molar-refractivity contribution >= 4 is 11.7 Å². The minimum absolute atomic E-state index is 0.0780. The number of fused-ring (bicyclic) bond motifs is 4. The number of hydrogen-bond donors (Lipinski definition) is 0. The number of carbonyl (C=O) groups excluding carboxylic acids is 1. The zero-order valence-electron chi connectivity index (χ0n) is 19.0. The SMILES string of the molecule is N#Cc1cncc2c1O[C@H]1C[C@@H]2N(C(=O)C2(F)CCN(c3cc(-c4ccccc4)ncn3)CC2)C1. The van der Waals surface area contributed by atoms with E-state index in [1.807, 2.05) is 41.3 Å². The van der Waals surface area contributed by atoms with Crippen molar-refractivity contribution in [2.45, 2.75) is 37.1 Å². The van der Waals surface area contributed by atoms with Gasteiger partial charge in [0.1, 0.15) is 35.6 Å². The van der Waals surface area contributed by atoms with Gasteiger partial charge in [-0.2, -0.15) is 5.26 Å². The van der Waals surface area contributed by atoms with Gasteiger partial charge in [-0.15, -0.1) is 0 Å². The summed E-state index contributed by atoms with van der Waals surface area (Å²) in [5.74, 6) is 0.693. The van der Waals surface area contributed by atoms with Crippen molar-refractivity contribution in [2.24, 2.45) is 0 Å². The van der Waals surface area contributed by atoms with Gasteiger partial charge in [0.05, 0.1) is 18.3 Å². The Morgan fingerprint density at radius 2 is 1.97 bits per heavy atom. The topological polar surface area (TPSA) is 95.2 Å². The molecule has 5 heterocycles. The first-order valence-corrected chi connectivity index (χ1v) is 11.7. The predicted octanol–water partition coefficient (Wildman–Crippen LogP) is 3.45. The maximum Gasteiger partial charge on any atom is 0.261 e. The summed E-state index contributed by atoms with van der Waals surface area (Å²) in [4.78, 5) is 30.0. The minimum atomic E-state index is -1.95. The van der Waals surface area contributed by atoms with Crippen LogP contribution < -0.4 is 9.64 Å². The van der Waals surface area contributed by atoms with Crippen LogP contribution in [0.25, 0.3) is 11.3 Å². The highest BCUT2D eigenvalue weighted by molar-refractivity contribution is 5.86. The third-order valence-electron chi connectivity index (χ3n) is 7.20. The number of amides is 1. The zero-order valence-corrected chi connectivity index (χ0v) is 19.0. The first kappa shape index (κ1) is 21.5. The molecule has 0 aliphatic carbocycles. The Balaban J connectivity index is 1.18. The van der Waals surface area contributed by atoms with E-state index in [4.69, 9.17) is 4.74 Å².